The van der Waals surface area contributed by atoms with Gasteiger partial charge >= 0.3 is 0 Å². The predicted molar refractivity (Wildman–Crippen MR) is 138 cm³/mol. The van der Waals surface area contributed by atoms with Crippen LogP contribution in [0.3, 0.4) is 0 Å². The van der Waals surface area contributed by atoms with Gasteiger partial charge in [-0.15, -0.1) is 0 Å². The van der Waals surface area contributed by atoms with Crippen molar-refractivity contribution >= 4 is 34.0 Å². The maximum atomic E-state index is 12.7. The molecule has 0 aliphatic heterocycles. The Morgan fingerprint density at radius 3 is 2.56 bits per heavy atom. The quantitative estimate of drug-likeness (QED) is 0.216. The van der Waals surface area contributed by atoms with E-state index in [0.29, 0.717) is 18.8 Å². The number of nitrogens with zero attached hydrogens (tertiary/aromatic N) is 1. The summed E-state index contributed by atoms with van der Waals surface area (Å²) in [5.41, 5.74) is 4.26. The Bertz CT molecular complexity index is 978. The second-order valence-corrected chi connectivity index (χ2v) is 9.28. The van der Waals surface area contributed by atoms with Gasteiger partial charge in [0, 0.05) is 0 Å². The Balaban J connectivity index is 1.91. The van der Waals surface area contributed by atoms with Crippen LogP contribution >= 0.6 is 15.9 Å². The SMILES string of the molecule is CCCCOc1ccc(/C=N\NC(=O)[C@H](CC(C)C)NC(=O)COc2ccccc2C)cc1Br. The van der Waals surface area contributed by atoms with Crippen molar-refractivity contribution in [3.8, 4) is 11.5 Å². The van der Waals surface area contributed by atoms with Gasteiger partial charge in [0.25, 0.3) is 11.8 Å². The predicted octanol–water partition coefficient (Wildman–Crippen LogP) is 5.00. The topological polar surface area (TPSA) is 89.0 Å². The van der Waals surface area contributed by atoms with Crippen LogP contribution in [0, 0.1) is 12.8 Å². The molecule has 0 saturated carbocycles. The highest BCUT2D eigenvalue weighted by Gasteiger charge is 2.22. The minimum atomic E-state index is -0.716. The van der Waals surface area contributed by atoms with Gasteiger partial charge < -0.3 is 14.8 Å². The molecule has 0 aliphatic rings. The first-order valence-electron chi connectivity index (χ1n) is 11.5. The second-order valence-electron chi connectivity index (χ2n) is 8.43. The van der Waals surface area contributed by atoms with Crippen LogP contribution in [0.5, 0.6) is 11.5 Å². The van der Waals surface area contributed by atoms with Gasteiger partial charge in [-0.05, 0) is 77.0 Å². The van der Waals surface area contributed by atoms with Gasteiger partial charge in [-0.3, -0.25) is 9.59 Å². The van der Waals surface area contributed by atoms with Gasteiger partial charge in [0.15, 0.2) is 6.61 Å². The van der Waals surface area contributed by atoms with E-state index >= 15 is 0 Å². The Hall–Kier alpha value is -2.87. The van der Waals surface area contributed by atoms with Gasteiger partial charge in [0.1, 0.15) is 17.5 Å². The average molecular weight is 532 g/mol. The van der Waals surface area contributed by atoms with Crippen molar-refractivity contribution in [2.75, 3.05) is 13.2 Å². The molecule has 2 amide bonds. The summed E-state index contributed by atoms with van der Waals surface area (Å²) in [7, 11) is 0. The molecule has 34 heavy (non-hydrogen) atoms. The number of hydrazone groups is 1. The number of para-hydroxylation sites is 1. The van der Waals surface area contributed by atoms with E-state index in [0.717, 1.165) is 34.2 Å². The number of halogens is 1. The van der Waals surface area contributed by atoms with E-state index in [-0.39, 0.29) is 24.3 Å². The fourth-order valence-corrected chi connectivity index (χ4v) is 3.60. The molecular formula is C26H34BrN3O4. The number of carbonyl (C=O) groups is 2. The summed E-state index contributed by atoms with van der Waals surface area (Å²) in [6, 6.07) is 12.3. The van der Waals surface area contributed by atoms with Crippen molar-refractivity contribution in [3.63, 3.8) is 0 Å². The molecule has 0 unspecified atom stereocenters. The summed E-state index contributed by atoms with van der Waals surface area (Å²) >= 11 is 3.50. The monoisotopic (exact) mass is 531 g/mol. The first-order chi connectivity index (χ1) is 16.3. The highest BCUT2D eigenvalue weighted by molar-refractivity contribution is 9.10. The van der Waals surface area contributed by atoms with Gasteiger partial charge in [0.05, 0.1) is 17.3 Å². The molecule has 2 rings (SSSR count). The van der Waals surface area contributed by atoms with Gasteiger partial charge in [0.2, 0.25) is 0 Å². The van der Waals surface area contributed by atoms with Gasteiger partial charge in [-0.25, -0.2) is 5.43 Å². The van der Waals surface area contributed by atoms with Crippen molar-refractivity contribution in [2.45, 2.75) is 53.0 Å². The largest absolute Gasteiger partial charge is 0.492 e. The van der Waals surface area contributed by atoms with Crippen molar-refractivity contribution < 1.29 is 19.1 Å². The summed E-state index contributed by atoms with van der Waals surface area (Å²) in [5, 5.41) is 6.81. The van der Waals surface area contributed by atoms with Crippen LogP contribution in [0.15, 0.2) is 52.0 Å². The van der Waals surface area contributed by atoms with E-state index < -0.39 is 6.04 Å². The van der Waals surface area contributed by atoms with Crippen molar-refractivity contribution in [2.24, 2.45) is 11.0 Å². The third-order valence-electron chi connectivity index (χ3n) is 4.91. The molecule has 184 valence electrons. The number of benzene rings is 2. The van der Waals surface area contributed by atoms with E-state index in [1.807, 2.05) is 57.2 Å². The average Bonchev–Trinajstić information content (AvgIpc) is 2.79. The van der Waals surface area contributed by atoms with Crippen molar-refractivity contribution in [1.82, 2.24) is 10.7 Å². The van der Waals surface area contributed by atoms with Crippen LogP contribution in [0.25, 0.3) is 0 Å². The highest BCUT2D eigenvalue weighted by atomic mass is 79.9. The van der Waals surface area contributed by atoms with E-state index in [1.165, 1.54) is 0 Å². The molecule has 0 aliphatic carbocycles. The lowest BCUT2D eigenvalue weighted by Crippen LogP contribution is -2.47. The first kappa shape index (κ1) is 27.4. The summed E-state index contributed by atoms with van der Waals surface area (Å²) in [4.78, 5) is 25.1. The summed E-state index contributed by atoms with van der Waals surface area (Å²) < 4.78 is 12.1. The van der Waals surface area contributed by atoms with Crippen molar-refractivity contribution in [1.29, 1.82) is 0 Å². The number of unbranched alkanes of at least 4 members (excludes halogenated alkanes) is 1. The Labute approximate surface area is 210 Å². The third-order valence-corrected chi connectivity index (χ3v) is 5.53. The molecular weight excluding hydrogens is 498 g/mol. The molecule has 2 aromatic rings. The fraction of sp³-hybridized carbons (Fsp3) is 0.423. The minimum Gasteiger partial charge on any atom is -0.492 e. The standard InChI is InChI=1S/C26H34BrN3O4/c1-5-6-13-33-24-12-11-20(15-21(24)27)16-28-30-26(32)22(14-18(2)3)29-25(31)17-34-23-10-8-7-9-19(23)4/h7-12,15-16,18,22H,5-6,13-14,17H2,1-4H3,(H,29,31)(H,30,32)/b28-16-/t22-/m0/s1. The third kappa shape index (κ3) is 9.55. The Morgan fingerprint density at radius 2 is 1.88 bits per heavy atom. The molecule has 2 aromatic carbocycles. The zero-order valence-electron chi connectivity index (χ0n) is 20.3. The maximum Gasteiger partial charge on any atom is 0.262 e. The molecule has 0 heterocycles. The number of rotatable bonds is 13. The highest BCUT2D eigenvalue weighted by Crippen LogP contribution is 2.25. The Morgan fingerprint density at radius 1 is 1.12 bits per heavy atom. The fourth-order valence-electron chi connectivity index (χ4n) is 3.09. The molecule has 0 bridgehead atoms. The molecule has 0 radical (unpaired) electrons. The smallest absolute Gasteiger partial charge is 0.262 e. The van der Waals surface area contributed by atoms with Gasteiger partial charge in [-0.1, -0.05) is 45.4 Å². The van der Waals surface area contributed by atoms with Crippen LogP contribution in [-0.4, -0.2) is 37.3 Å². The zero-order chi connectivity index (χ0) is 24.9. The number of hydrogen-bond acceptors (Lipinski definition) is 5. The van der Waals surface area contributed by atoms with Crippen LogP contribution in [-0.2, 0) is 9.59 Å². The van der Waals surface area contributed by atoms with Crippen LogP contribution in [0.4, 0.5) is 0 Å². The van der Waals surface area contributed by atoms with Gasteiger partial charge in [-0.2, -0.15) is 5.10 Å². The molecule has 0 aromatic heterocycles. The molecule has 0 fully saturated rings. The number of hydrogen-bond donors (Lipinski definition) is 2. The van der Waals surface area contributed by atoms with Crippen LogP contribution in [0.2, 0.25) is 0 Å². The molecule has 1 atom stereocenters. The molecule has 0 spiro atoms. The normalized spacial score (nSPS) is 11.9. The maximum absolute atomic E-state index is 12.7. The lowest BCUT2D eigenvalue weighted by atomic mass is 10.0. The zero-order valence-corrected chi connectivity index (χ0v) is 21.9. The summed E-state index contributed by atoms with van der Waals surface area (Å²) in [5.74, 6) is 0.860. The van der Waals surface area contributed by atoms with Crippen LogP contribution in [0.1, 0.15) is 51.2 Å². The van der Waals surface area contributed by atoms with E-state index in [2.05, 4.69) is 38.7 Å². The number of aryl methyl sites for hydroxylation is 1. The number of ether oxygens (including phenoxy) is 2. The Kier molecular flexibility index (Phi) is 11.6. The van der Waals surface area contributed by atoms with Crippen LogP contribution < -0.4 is 20.2 Å². The lowest BCUT2D eigenvalue weighted by molar-refractivity contribution is -0.130. The molecule has 2 N–H and O–H groups in total. The number of nitrogens with one attached hydrogen (secondary N) is 2. The molecule has 7 nitrogen and oxygen atoms in total. The van der Waals surface area contributed by atoms with E-state index in [4.69, 9.17) is 9.47 Å². The minimum absolute atomic E-state index is 0.170. The van der Waals surface area contributed by atoms with E-state index in [9.17, 15) is 9.59 Å². The number of carbonyl (C=O) groups excluding carboxylic acids is 2. The van der Waals surface area contributed by atoms with E-state index in [1.54, 1.807) is 12.3 Å². The second kappa shape index (κ2) is 14.4. The van der Waals surface area contributed by atoms with Crippen molar-refractivity contribution in [3.05, 3.63) is 58.1 Å². The summed E-state index contributed by atoms with van der Waals surface area (Å²) in [6.07, 6.45) is 4.09. The molecule has 8 heteroatoms. The first-order valence-corrected chi connectivity index (χ1v) is 12.3. The lowest BCUT2D eigenvalue weighted by Gasteiger charge is -2.19. The summed E-state index contributed by atoms with van der Waals surface area (Å²) in [6.45, 7) is 8.49. The number of amides is 2. The molecule has 0 saturated heterocycles.